The number of aromatic nitrogens is 3. The molecule has 4 rings (SSSR count). The van der Waals surface area contributed by atoms with Gasteiger partial charge in [-0.25, -0.2) is 9.97 Å². The molecule has 0 aliphatic heterocycles. The van der Waals surface area contributed by atoms with Crippen molar-refractivity contribution in [3.8, 4) is 11.3 Å². The van der Waals surface area contributed by atoms with Gasteiger partial charge in [-0.15, -0.1) is 0 Å². The van der Waals surface area contributed by atoms with Crippen LogP contribution in [0.25, 0.3) is 17.0 Å². The predicted octanol–water partition coefficient (Wildman–Crippen LogP) is 5.72. The summed E-state index contributed by atoms with van der Waals surface area (Å²) in [4.78, 5) is 9.40. The fourth-order valence-corrected chi connectivity index (χ4v) is 3.20. The molecule has 2 aromatic carbocycles. The van der Waals surface area contributed by atoms with Gasteiger partial charge in [-0.1, -0.05) is 41.4 Å². The predicted molar refractivity (Wildman–Crippen MR) is 107 cm³/mol. The number of anilines is 2. The van der Waals surface area contributed by atoms with Crippen LogP contribution >= 0.6 is 11.6 Å². The molecule has 0 fully saturated rings. The maximum atomic E-state index is 6.05. The Balaban J connectivity index is 1.93. The number of fused-ring (bicyclic) bond motifs is 1. The average molecular weight is 363 g/mol. The molecule has 2 heterocycles. The third kappa shape index (κ3) is 3.04. The molecule has 2 aromatic heterocycles. The maximum absolute atomic E-state index is 6.05. The number of aryl methyl sites for hydroxylation is 3. The van der Waals surface area contributed by atoms with Gasteiger partial charge in [-0.05, 0) is 51.1 Å². The molecule has 1 N–H and O–H groups in total. The minimum absolute atomic E-state index is 0.682. The first kappa shape index (κ1) is 16.6. The van der Waals surface area contributed by atoms with Crippen LogP contribution in [0.1, 0.15) is 17.0 Å². The lowest BCUT2D eigenvalue weighted by atomic mass is 10.1. The van der Waals surface area contributed by atoms with Crippen LogP contribution in [0.4, 0.5) is 11.5 Å². The highest BCUT2D eigenvalue weighted by molar-refractivity contribution is 6.30. The molecular weight excluding hydrogens is 344 g/mol. The Morgan fingerprint density at radius 3 is 2.27 bits per heavy atom. The van der Waals surface area contributed by atoms with Gasteiger partial charge in [0.1, 0.15) is 11.5 Å². The van der Waals surface area contributed by atoms with E-state index in [0.29, 0.717) is 10.8 Å². The van der Waals surface area contributed by atoms with Crippen LogP contribution in [0.5, 0.6) is 0 Å². The van der Waals surface area contributed by atoms with E-state index in [1.54, 1.807) is 0 Å². The van der Waals surface area contributed by atoms with E-state index in [4.69, 9.17) is 16.6 Å². The Morgan fingerprint density at radius 2 is 1.58 bits per heavy atom. The van der Waals surface area contributed by atoms with Crippen LogP contribution in [0, 0.1) is 20.8 Å². The van der Waals surface area contributed by atoms with E-state index in [0.717, 1.165) is 34.2 Å². The number of hydrogen-bond acceptors (Lipinski definition) is 3. The third-order valence-electron chi connectivity index (χ3n) is 4.34. The number of rotatable bonds is 3. The van der Waals surface area contributed by atoms with Crippen molar-refractivity contribution in [2.45, 2.75) is 20.8 Å². The van der Waals surface area contributed by atoms with Gasteiger partial charge in [0.05, 0.1) is 0 Å². The monoisotopic (exact) mass is 362 g/mol. The summed E-state index contributed by atoms with van der Waals surface area (Å²) in [7, 11) is 0. The summed E-state index contributed by atoms with van der Waals surface area (Å²) < 4.78 is 2.05. The Hall–Kier alpha value is -2.85. The molecule has 0 saturated carbocycles. The lowest BCUT2D eigenvalue weighted by Gasteiger charge is -2.11. The first-order chi connectivity index (χ1) is 12.5. The molecule has 5 heteroatoms. The molecule has 0 spiro atoms. The normalized spacial score (nSPS) is 11.1. The van der Waals surface area contributed by atoms with E-state index in [9.17, 15) is 0 Å². The number of halogens is 1. The van der Waals surface area contributed by atoms with Crippen molar-refractivity contribution in [2.75, 3.05) is 5.32 Å². The summed E-state index contributed by atoms with van der Waals surface area (Å²) in [6.07, 6.45) is 0. The molecule has 0 atom stereocenters. The van der Waals surface area contributed by atoms with E-state index < -0.39 is 0 Å². The summed E-state index contributed by atoms with van der Waals surface area (Å²) >= 11 is 6.05. The minimum Gasteiger partial charge on any atom is -0.339 e. The summed E-state index contributed by atoms with van der Waals surface area (Å²) in [6.45, 7) is 6.13. The first-order valence-corrected chi connectivity index (χ1v) is 8.85. The number of imidazole rings is 1. The van der Waals surface area contributed by atoms with Crippen LogP contribution < -0.4 is 5.32 Å². The zero-order valence-corrected chi connectivity index (χ0v) is 15.7. The van der Waals surface area contributed by atoms with Crippen molar-refractivity contribution in [2.24, 2.45) is 0 Å². The van der Waals surface area contributed by atoms with E-state index >= 15 is 0 Å². The first-order valence-electron chi connectivity index (χ1n) is 8.47. The Bertz CT molecular complexity index is 1080. The van der Waals surface area contributed by atoms with Crippen LogP contribution in [0.2, 0.25) is 5.02 Å². The van der Waals surface area contributed by atoms with E-state index in [-0.39, 0.29) is 0 Å². The Labute approximate surface area is 157 Å². The fraction of sp³-hybridized carbons (Fsp3) is 0.143. The van der Waals surface area contributed by atoms with Gasteiger partial charge < -0.3 is 5.32 Å². The zero-order valence-electron chi connectivity index (χ0n) is 14.9. The van der Waals surface area contributed by atoms with Crippen molar-refractivity contribution in [1.82, 2.24) is 14.4 Å². The van der Waals surface area contributed by atoms with Gasteiger partial charge >= 0.3 is 0 Å². The number of nitrogens with zero attached hydrogens (tertiary/aromatic N) is 3. The van der Waals surface area contributed by atoms with Crippen molar-refractivity contribution < 1.29 is 0 Å². The van der Waals surface area contributed by atoms with Gasteiger partial charge in [0, 0.05) is 27.7 Å². The molecule has 0 aliphatic rings. The Morgan fingerprint density at radius 1 is 0.885 bits per heavy atom. The number of benzene rings is 2. The molecule has 0 amide bonds. The van der Waals surface area contributed by atoms with Crippen molar-refractivity contribution in [3.05, 3.63) is 76.6 Å². The quantitative estimate of drug-likeness (QED) is 0.507. The largest absolute Gasteiger partial charge is 0.339 e. The lowest BCUT2D eigenvalue weighted by Crippen LogP contribution is -2.01. The summed E-state index contributed by atoms with van der Waals surface area (Å²) in [5, 5.41) is 4.23. The highest BCUT2D eigenvalue weighted by Crippen LogP contribution is 2.32. The summed E-state index contributed by atoms with van der Waals surface area (Å²) in [5.74, 6) is 1.58. The van der Waals surface area contributed by atoms with Crippen molar-refractivity contribution in [1.29, 1.82) is 0 Å². The molecule has 130 valence electrons. The molecule has 0 radical (unpaired) electrons. The third-order valence-corrected chi connectivity index (χ3v) is 4.59. The van der Waals surface area contributed by atoms with Crippen LogP contribution in [-0.2, 0) is 0 Å². The highest BCUT2D eigenvalue weighted by atomic mass is 35.5. The second-order valence-electron chi connectivity index (χ2n) is 6.48. The van der Waals surface area contributed by atoms with E-state index in [1.807, 2.05) is 31.2 Å². The van der Waals surface area contributed by atoms with Crippen LogP contribution in [-0.4, -0.2) is 14.4 Å². The van der Waals surface area contributed by atoms with Gasteiger partial charge in [-0.2, -0.15) is 0 Å². The van der Waals surface area contributed by atoms with Crippen molar-refractivity contribution in [3.63, 3.8) is 0 Å². The van der Waals surface area contributed by atoms with E-state index in [1.165, 1.54) is 5.56 Å². The van der Waals surface area contributed by atoms with Gasteiger partial charge in [0.25, 0.3) is 0 Å². The average Bonchev–Trinajstić information content (AvgIpc) is 2.96. The fourth-order valence-electron chi connectivity index (χ4n) is 3.07. The second-order valence-corrected chi connectivity index (χ2v) is 6.92. The summed E-state index contributed by atoms with van der Waals surface area (Å²) in [6, 6.07) is 18.1. The molecule has 4 aromatic rings. The van der Waals surface area contributed by atoms with E-state index in [2.05, 4.69) is 58.9 Å². The van der Waals surface area contributed by atoms with Gasteiger partial charge in [0.15, 0.2) is 0 Å². The van der Waals surface area contributed by atoms with Crippen LogP contribution in [0.3, 0.4) is 0 Å². The molecule has 0 unspecified atom stereocenters. The SMILES string of the molecule is Cc1ccc(Nc2c(-c3ccc(Cl)cc3)nc3nc(C)cc(C)n23)cc1. The molecule has 0 saturated heterocycles. The van der Waals surface area contributed by atoms with Gasteiger partial charge in [-0.3, -0.25) is 4.40 Å². The molecule has 0 aliphatic carbocycles. The van der Waals surface area contributed by atoms with Gasteiger partial charge in [0.2, 0.25) is 5.78 Å². The number of hydrogen-bond donors (Lipinski definition) is 1. The minimum atomic E-state index is 0.682. The second kappa shape index (κ2) is 6.46. The lowest BCUT2D eigenvalue weighted by molar-refractivity contribution is 1.02. The zero-order chi connectivity index (χ0) is 18.3. The molecule has 26 heavy (non-hydrogen) atoms. The highest BCUT2D eigenvalue weighted by Gasteiger charge is 2.17. The molecule has 4 nitrogen and oxygen atoms in total. The topological polar surface area (TPSA) is 42.2 Å². The molecular formula is C21H19ClN4. The van der Waals surface area contributed by atoms with Crippen LogP contribution in [0.15, 0.2) is 54.6 Å². The van der Waals surface area contributed by atoms with Crippen molar-refractivity contribution >= 4 is 28.9 Å². The number of nitrogens with one attached hydrogen (secondary N) is 1. The Kier molecular flexibility index (Phi) is 4.13. The standard InChI is InChI=1S/C21H19ClN4/c1-13-4-10-18(11-5-13)24-20-19(16-6-8-17(22)9-7-16)25-21-23-14(2)12-15(3)26(20)21/h4-12,24H,1-3H3. The molecule has 0 bridgehead atoms. The summed E-state index contributed by atoms with van der Waals surface area (Å²) in [5.41, 5.74) is 6.10. The smallest absolute Gasteiger partial charge is 0.236 e. The maximum Gasteiger partial charge on any atom is 0.236 e.